The van der Waals surface area contributed by atoms with Gasteiger partial charge in [-0.25, -0.2) is 4.79 Å². The van der Waals surface area contributed by atoms with Gasteiger partial charge in [-0.3, -0.25) is 9.69 Å². The van der Waals surface area contributed by atoms with Crippen molar-refractivity contribution in [2.24, 2.45) is 0 Å². The van der Waals surface area contributed by atoms with Gasteiger partial charge in [0.2, 0.25) is 0 Å². The molecule has 6 heteroatoms. The number of nitrogens with zero attached hydrogens (tertiary/aromatic N) is 1. The summed E-state index contributed by atoms with van der Waals surface area (Å²) in [6, 6.07) is 23.9. The first-order chi connectivity index (χ1) is 15.0. The molecule has 0 bridgehead atoms. The summed E-state index contributed by atoms with van der Waals surface area (Å²) in [7, 11) is 0. The smallest absolute Gasteiger partial charge is 0.414 e. The number of hydrogen-bond donors (Lipinski definition) is 1. The minimum absolute atomic E-state index is 0.00246. The lowest BCUT2D eigenvalue weighted by Gasteiger charge is -2.23. The van der Waals surface area contributed by atoms with Crippen LogP contribution in [-0.4, -0.2) is 30.3 Å². The molecule has 0 aromatic heterocycles. The van der Waals surface area contributed by atoms with Crippen molar-refractivity contribution in [1.82, 2.24) is 0 Å². The third-order valence-corrected chi connectivity index (χ3v) is 6.19. The van der Waals surface area contributed by atoms with Crippen molar-refractivity contribution in [2.75, 3.05) is 18.1 Å². The molecule has 1 aliphatic rings. The van der Waals surface area contributed by atoms with Gasteiger partial charge in [-0.05, 0) is 75.5 Å². The molecule has 31 heavy (non-hydrogen) atoms. The molecule has 0 aliphatic heterocycles. The average molecular weight is 527 g/mol. The fourth-order valence-electron chi connectivity index (χ4n) is 4.01. The Labute approximate surface area is 194 Å². The predicted octanol–water partition coefficient (Wildman–Crippen LogP) is 5.91. The maximum Gasteiger partial charge on any atom is 0.414 e. The lowest BCUT2D eigenvalue weighted by Crippen LogP contribution is -2.33. The van der Waals surface area contributed by atoms with Crippen molar-refractivity contribution in [3.8, 4) is 11.1 Å². The van der Waals surface area contributed by atoms with E-state index >= 15 is 0 Å². The largest absolute Gasteiger partial charge is 0.481 e. The number of benzene rings is 3. The second kappa shape index (κ2) is 9.51. The molecule has 158 valence electrons. The number of carboxylic acids is 1. The van der Waals surface area contributed by atoms with Crippen LogP contribution in [0.15, 0.2) is 72.8 Å². The van der Waals surface area contributed by atoms with Crippen LogP contribution in [0.1, 0.15) is 29.9 Å². The highest BCUT2D eigenvalue weighted by Crippen LogP contribution is 2.44. The number of aliphatic carboxylic acids is 1. The first-order valence-electron chi connectivity index (χ1n) is 10.1. The van der Waals surface area contributed by atoms with E-state index in [-0.39, 0.29) is 25.5 Å². The van der Waals surface area contributed by atoms with E-state index in [9.17, 15) is 9.59 Å². The van der Waals surface area contributed by atoms with Crippen LogP contribution in [0.4, 0.5) is 10.5 Å². The van der Waals surface area contributed by atoms with Crippen molar-refractivity contribution < 1.29 is 19.4 Å². The molecule has 1 amide bonds. The zero-order valence-corrected chi connectivity index (χ0v) is 19.0. The van der Waals surface area contributed by atoms with E-state index in [0.29, 0.717) is 12.1 Å². The third-order valence-electron chi connectivity index (χ3n) is 5.47. The molecule has 0 unspecified atom stereocenters. The van der Waals surface area contributed by atoms with Gasteiger partial charge in [0.1, 0.15) is 6.61 Å². The summed E-state index contributed by atoms with van der Waals surface area (Å²) in [6.07, 6.45) is -0.114. The molecule has 0 radical (unpaired) electrons. The number of carboxylic acid groups (broad SMARTS) is 1. The second-order valence-electron chi connectivity index (χ2n) is 7.43. The summed E-state index contributed by atoms with van der Waals surface area (Å²) >= 11 is 2.21. The molecule has 0 atom stereocenters. The van der Waals surface area contributed by atoms with E-state index in [4.69, 9.17) is 9.84 Å². The molecule has 3 aromatic carbocycles. The van der Waals surface area contributed by atoms with Crippen LogP contribution in [0.25, 0.3) is 11.1 Å². The fraction of sp³-hybridized carbons (Fsp3) is 0.200. The monoisotopic (exact) mass is 527 g/mol. The number of fused-ring (bicyclic) bond motifs is 3. The quantitative estimate of drug-likeness (QED) is 0.388. The fourth-order valence-corrected chi connectivity index (χ4v) is 4.37. The van der Waals surface area contributed by atoms with Crippen molar-refractivity contribution in [3.63, 3.8) is 0 Å². The summed E-state index contributed by atoms with van der Waals surface area (Å²) in [5, 5.41) is 8.97. The molecule has 1 aliphatic carbocycles. The SMILES string of the molecule is O=C(O)CCCN(C(=O)OCC1c2ccccc2-c2ccccc21)c1ccc(I)cc1. The van der Waals surface area contributed by atoms with Crippen LogP contribution in [0.2, 0.25) is 0 Å². The van der Waals surface area contributed by atoms with Crippen LogP contribution in [0.5, 0.6) is 0 Å². The van der Waals surface area contributed by atoms with E-state index in [1.165, 1.54) is 16.0 Å². The van der Waals surface area contributed by atoms with Crippen LogP contribution in [0.3, 0.4) is 0 Å². The van der Waals surface area contributed by atoms with Gasteiger partial charge in [0.25, 0.3) is 0 Å². The molecular formula is C25H22INO4. The lowest BCUT2D eigenvalue weighted by atomic mass is 9.98. The summed E-state index contributed by atoms with van der Waals surface area (Å²) in [5.41, 5.74) is 5.36. The number of carbonyl (C=O) groups excluding carboxylic acids is 1. The molecule has 0 heterocycles. The highest BCUT2D eigenvalue weighted by Gasteiger charge is 2.30. The summed E-state index contributed by atoms with van der Waals surface area (Å²) < 4.78 is 6.84. The van der Waals surface area contributed by atoms with Crippen LogP contribution >= 0.6 is 22.6 Å². The summed E-state index contributed by atoms with van der Waals surface area (Å²) in [4.78, 5) is 25.5. The lowest BCUT2D eigenvalue weighted by molar-refractivity contribution is -0.137. The Morgan fingerprint density at radius 2 is 1.48 bits per heavy atom. The van der Waals surface area contributed by atoms with Gasteiger partial charge >= 0.3 is 12.1 Å². The van der Waals surface area contributed by atoms with Gasteiger partial charge in [0.15, 0.2) is 0 Å². The Kier molecular flexibility index (Phi) is 6.56. The van der Waals surface area contributed by atoms with E-state index < -0.39 is 12.1 Å². The molecular weight excluding hydrogens is 505 g/mol. The predicted molar refractivity (Wildman–Crippen MR) is 128 cm³/mol. The average Bonchev–Trinajstić information content (AvgIpc) is 3.09. The summed E-state index contributed by atoms with van der Waals surface area (Å²) in [6.45, 7) is 0.510. The van der Waals surface area contributed by atoms with Gasteiger partial charge in [-0.15, -0.1) is 0 Å². The molecule has 0 spiro atoms. The number of ether oxygens (including phenoxy) is 1. The summed E-state index contributed by atoms with van der Waals surface area (Å²) in [5.74, 6) is -0.899. The standard InChI is InChI=1S/C25H22INO4/c26-17-11-13-18(14-12-17)27(15-5-10-24(28)29)25(30)31-16-23-21-8-3-1-6-19(21)20-7-2-4-9-22(20)23/h1-4,6-9,11-14,23H,5,10,15-16H2,(H,28,29). The molecule has 0 fully saturated rings. The van der Waals surface area contributed by atoms with E-state index in [1.54, 1.807) is 0 Å². The molecule has 3 aromatic rings. The maximum absolute atomic E-state index is 13.0. The normalized spacial score (nSPS) is 12.2. The first kappa shape index (κ1) is 21.4. The van der Waals surface area contributed by atoms with Gasteiger partial charge in [0.05, 0.1) is 0 Å². The van der Waals surface area contributed by atoms with Crippen molar-refractivity contribution in [1.29, 1.82) is 0 Å². The Morgan fingerprint density at radius 1 is 0.903 bits per heavy atom. The highest BCUT2D eigenvalue weighted by atomic mass is 127. The highest BCUT2D eigenvalue weighted by molar-refractivity contribution is 14.1. The molecule has 1 N–H and O–H groups in total. The Morgan fingerprint density at radius 3 is 2.06 bits per heavy atom. The molecule has 5 nitrogen and oxygen atoms in total. The zero-order valence-electron chi connectivity index (χ0n) is 16.8. The van der Waals surface area contributed by atoms with E-state index in [1.807, 2.05) is 48.5 Å². The van der Waals surface area contributed by atoms with E-state index in [2.05, 4.69) is 46.9 Å². The number of rotatable bonds is 7. The first-order valence-corrected chi connectivity index (χ1v) is 11.2. The third kappa shape index (κ3) is 4.74. The van der Waals surface area contributed by atoms with Gasteiger partial charge in [0, 0.05) is 28.1 Å². The zero-order chi connectivity index (χ0) is 21.8. The number of halogens is 1. The maximum atomic E-state index is 13.0. The topological polar surface area (TPSA) is 66.8 Å². The molecule has 4 rings (SSSR count). The minimum atomic E-state index is -0.880. The van der Waals surface area contributed by atoms with Crippen molar-refractivity contribution in [3.05, 3.63) is 87.5 Å². The second-order valence-corrected chi connectivity index (χ2v) is 8.67. The Balaban J connectivity index is 1.52. The van der Waals surface area contributed by atoms with E-state index in [0.717, 1.165) is 14.7 Å². The molecule has 0 saturated carbocycles. The van der Waals surface area contributed by atoms with Crippen LogP contribution in [-0.2, 0) is 9.53 Å². The number of hydrogen-bond acceptors (Lipinski definition) is 3. The van der Waals surface area contributed by atoms with Gasteiger partial charge < -0.3 is 9.84 Å². The van der Waals surface area contributed by atoms with Crippen LogP contribution < -0.4 is 4.90 Å². The Bertz CT molecular complexity index is 1050. The number of anilines is 1. The van der Waals surface area contributed by atoms with Crippen molar-refractivity contribution in [2.45, 2.75) is 18.8 Å². The number of amides is 1. The van der Waals surface area contributed by atoms with Gasteiger partial charge in [-0.2, -0.15) is 0 Å². The van der Waals surface area contributed by atoms with Crippen molar-refractivity contribution >= 4 is 40.3 Å². The Hall–Kier alpha value is -2.87. The number of carbonyl (C=O) groups is 2. The van der Waals surface area contributed by atoms with Gasteiger partial charge in [-0.1, -0.05) is 48.5 Å². The molecule has 0 saturated heterocycles. The van der Waals surface area contributed by atoms with Crippen LogP contribution in [0, 0.1) is 3.57 Å². The minimum Gasteiger partial charge on any atom is -0.481 e.